The van der Waals surface area contributed by atoms with Gasteiger partial charge in [-0.05, 0) is 0 Å². The Kier molecular flexibility index (Phi) is 6.04. The number of halogens is 1. The van der Waals surface area contributed by atoms with Crippen molar-refractivity contribution in [3.63, 3.8) is 0 Å². The number of alkyl halides is 1. The number of rotatable bonds is 5. The Balaban J connectivity index is 3.20. The predicted molar refractivity (Wildman–Crippen MR) is 39.4 cm³/mol. The summed E-state index contributed by atoms with van der Waals surface area (Å²) in [4.78, 5) is 4.87. The van der Waals surface area contributed by atoms with Crippen molar-refractivity contribution in [1.29, 1.82) is 0 Å². The van der Waals surface area contributed by atoms with Gasteiger partial charge in [0.05, 0.1) is 6.61 Å². The lowest BCUT2D eigenvalue weighted by Crippen LogP contribution is -2.15. The highest BCUT2D eigenvalue weighted by Gasteiger charge is 1.99. The molecule has 0 saturated heterocycles. The summed E-state index contributed by atoms with van der Waals surface area (Å²) in [5, 5.41) is 0. The van der Waals surface area contributed by atoms with Gasteiger partial charge in [-0.1, -0.05) is 6.08 Å². The van der Waals surface area contributed by atoms with Gasteiger partial charge in [0.1, 0.15) is 0 Å². The molecule has 1 unspecified atom stereocenters. The standard InChI is InChI=1S/C6H12ClNO/c1-3-6(4-7)5-9-8-2/h3,6,8H,1,4-5H2,2H3. The fraction of sp³-hybridized carbons (Fsp3) is 0.667. The van der Waals surface area contributed by atoms with E-state index in [0.29, 0.717) is 12.5 Å². The van der Waals surface area contributed by atoms with Crippen molar-refractivity contribution in [2.45, 2.75) is 0 Å². The normalized spacial score (nSPS) is 13.1. The molecule has 0 aliphatic heterocycles. The monoisotopic (exact) mass is 149 g/mol. The fourth-order valence-corrected chi connectivity index (χ4v) is 0.581. The molecule has 9 heavy (non-hydrogen) atoms. The highest BCUT2D eigenvalue weighted by Crippen LogP contribution is 1.99. The molecular weight excluding hydrogens is 138 g/mol. The molecule has 0 rings (SSSR count). The maximum atomic E-state index is 5.52. The third-order valence-corrected chi connectivity index (χ3v) is 1.37. The van der Waals surface area contributed by atoms with Crippen LogP contribution in [0.25, 0.3) is 0 Å². The van der Waals surface area contributed by atoms with Crippen LogP contribution in [0.1, 0.15) is 0 Å². The van der Waals surface area contributed by atoms with Crippen LogP contribution in [0.5, 0.6) is 0 Å². The summed E-state index contributed by atoms with van der Waals surface area (Å²) >= 11 is 5.52. The average molecular weight is 150 g/mol. The Labute approximate surface area is 60.8 Å². The zero-order valence-corrected chi connectivity index (χ0v) is 6.32. The van der Waals surface area contributed by atoms with Crippen LogP contribution in [-0.4, -0.2) is 19.5 Å². The van der Waals surface area contributed by atoms with Crippen molar-refractivity contribution >= 4 is 11.6 Å². The summed E-state index contributed by atoms with van der Waals surface area (Å²) in [5.41, 5.74) is 2.56. The van der Waals surface area contributed by atoms with Gasteiger partial charge in [0, 0.05) is 18.8 Å². The molecule has 54 valence electrons. The van der Waals surface area contributed by atoms with Crippen LogP contribution < -0.4 is 5.48 Å². The molecular formula is C6H12ClNO. The molecule has 0 fully saturated rings. The summed E-state index contributed by atoms with van der Waals surface area (Å²) in [6, 6.07) is 0. The smallest absolute Gasteiger partial charge is 0.0756 e. The van der Waals surface area contributed by atoms with Crippen molar-refractivity contribution in [1.82, 2.24) is 5.48 Å². The van der Waals surface area contributed by atoms with Gasteiger partial charge in [0.25, 0.3) is 0 Å². The molecule has 0 radical (unpaired) electrons. The van der Waals surface area contributed by atoms with Crippen molar-refractivity contribution in [3.05, 3.63) is 12.7 Å². The van der Waals surface area contributed by atoms with Crippen molar-refractivity contribution in [2.24, 2.45) is 5.92 Å². The fourth-order valence-electron chi connectivity index (χ4n) is 0.366. The third-order valence-electron chi connectivity index (χ3n) is 0.973. The van der Waals surface area contributed by atoms with Gasteiger partial charge in [-0.3, -0.25) is 0 Å². The molecule has 0 heterocycles. The Bertz CT molecular complexity index is 77.5. The van der Waals surface area contributed by atoms with Crippen LogP contribution in [0, 0.1) is 5.92 Å². The van der Waals surface area contributed by atoms with Gasteiger partial charge in [-0.2, -0.15) is 0 Å². The molecule has 0 aromatic rings. The van der Waals surface area contributed by atoms with Crippen LogP contribution in [0.15, 0.2) is 12.7 Å². The van der Waals surface area contributed by atoms with Gasteiger partial charge in [0.2, 0.25) is 0 Å². The van der Waals surface area contributed by atoms with Gasteiger partial charge in [-0.25, -0.2) is 5.48 Å². The summed E-state index contributed by atoms with van der Waals surface area (Å²) in [5.74, 6) is 0.810. The number of hydrogen-bond donors (Lipinski definition) is 1. The summed E-state index contributed by atoms with van der Waals surface area (Å²) in [7, 11) is 1.72. The van der Waals surface area contributed by atoms with Gasteiger partial charge >= 0.3 is 0 Å². The van der Waals surface area contributed by atoms with Crippen LogP contribution in [0.3, 0.4) is 0 Å². The van der Waals surface area contributed by atoms with Gasteiger partial charge in [-0.15, -0.1) is 18.2 Å². The maximum absolute atomic E-state index is 5.52. The highest BCUT2D eigenvalue weighted by atomic mass is 35.5. The maximum Gasteiger partial charge on any atom is 0.0756 e. The third kappa shape index (κ3) is 4.45. The first-order valence-corrected chi connectivity index (χ1v) is 3.35. The number of hydrogen-bond acceptors (Lipinski definition) is 2. The molecule has 1 N–H and O–H groups in total. The molecule has 0 spiro atoms. The van der Waals surface area contributed by atoms with Crippen LogP contribution in [-0.2, 0) is 4.84 Å². The lowest BCUT2D eigenvalue weighted by molar-refractivity contribution is 0.0451. The quantitative estimate of drug-likeness (QED) is 0.360. The Morgan fingerprint density at radius 1 is 1.89 bits per heavy atom. The predicted octanol–water partition coefficient (Wildman–Crippen LogP) is 1.18. The summed E-state index contributed by atoms with van der Waals surface area (Å²) in [6.45, 7) is 4.18. The zero-order valence-electron chi connectivity index (χ0n) is 5.56. The Hall–Kier alpha value is -0.0500. The molecule has 3 heteroatoms. The minimum Gasteiger partial charge on any atom is -0.301 e. The first kappa shape index (κ1) is 8.95. The summed E-state index contributed by atoms with van der Waals surface area (Å²) < 4.78 is 0. The first-order valence-electron chi connectivity index (χ1n) is 2.82. The van der Waals surface area contributed by atoms with E-state index in [4.69, 9.17) is 16.4 Å². The van der Waals surface area contributed by atoms with Crippen LogP contribution >= 0.6 is 11.6 Å². The number of hydroxylamine groups is 1. The molecule has 0 aliphatic carbocycles. The molecule has 0 aliphatic rings. The van der Waals surface area contributed by atoms with E-state index in [0.717, 1.165) is 0 Å². The van der Waals surface area contributed by atoms with E-state index in [2.05, 4.69) is 12.1 Å². The average Bonchev–Trinajstić information content (AvgIpc) is 1.91. The van der Waals surface area contributed by atoms with E-state index >= 15 is 0 Å². The second-order valence-corrected chi connectivity index (χ2v) is 1.97. The van der Waals surface area contributed by atoms with Crippen LogP contribution in [0.4, 0.5) is 0 Å². The molecule has 0 aromatic heterocycles. The minimum atomic E-state index is 0.249. The highest BCUT2D eigenvalue weighted by molar-refractivity contribution is 6.18. The largest absolute Gasteiger partial charge is 0.301 e. The minimum absolute atomic E-state index is 0.249. The van der Waals surface area contributed by atoms with Gasteiger partial charge < -0.3 is 4.84 Å². The molecule has 0 saturated carbocycles. The Morgan fingerprint density at radius 3 is 2.89 bits per heavy atom. The number of nitrogens with one attached hydrogen (secondary N) is 1. The van der Waals surface area contributed by atoms with Crippen molar-refractivity contribution in [2.75, 3.05) is 19.5 Å². The van der Waals surface area contributed by atoms with E-state index in [1.807, 2.05) is 0 Å². The Morgan fingerprint density at radius 2 is 2.56 bits per heavy atom. The van der Waals surface area contributed by atoms with E-state index in [9.17, 15) is 0 Å². The second kappa shape index (κ2) is 6.08. The SMILES string of the molecule is C=CC(CCl)CONC. The zero-order chi connectivity index (χ0) is 7.11. The topological polar surface area (TPSA) is 21.3 Å². The van der Waals surface area contributed by atoms with E-state index < -0.39 is 0 Å². The van der Waals surface area contributed by atoms with Crippen molar-refractivity contribution < 1.29 is 4.84 Å². The lowest BCUT2D eigenvalue weighted by atomic mass is 10.2. The van der Waals surface area contributed by atoms with Crippen molar-refractivity contribution in [3.8, 4) is 0 Å². The van der Waals surface area contributed by atoms with E-state index in [1.165, 1.54) is 0 Å². The molecule has 2 nitrogen and oxygen atoms in total. The van der Waals surface area contributed by atoms with E-state index in [-0.39, 0.29) is 5.92 Å². The van der Waals surface area contributed by atoms with Gasteiger partial charge in [0.15, 0.2) is 0 Å². The molecule has 1 atom stereocenters. The van der Waals surface area contributed by atoms with Crippen LogP contribution in [0.2, 0.25) is 0 Å². The summed E-state index contributed by atoms with van der Waals surface area (Å²) in [6.07, 6.45) is 1.78. The van der Waals surface area contributed by atoms with E-state index in [1.54, 1.807) is 13.1 Å². The second-order valence-electron chi connectivity index (χ2n) is 1.67. The molecule has 0 amide bonds. The lowest BCUT2D eigenvalue weighted by Gasteiger charge is -2.06. The molecule has 0 aromatic carbocycles. The molecule has 0 bridgehead atoms. The first-order chi connectivity index (χ1) is 4.35.